The van der Waals surface area contributed by atoms with Crippen LogP contribution in [0.3, 0.4) is 0 Å². The number of allylic oxidation sites excluding steroid dienone is 1. The van der Waals surface area contributed by atoms with E-state index in [2.05, 4.69) is 4.99 Å². The molecule has 0 spiro atoms. The highest BCUT2D eigenvalue weighted by Gasteiger charge is 2.33. The van der Waals surface area contributed by atoms with Crippen molar-refractivity contribution in [2.75, 3.05) is 6.61 Å². The van der Waals surface area contributed by atoms with Gasteiger partial charge in [-0.05, 0) is 59.9 Å². The van der Waals surface area contributed by atoms with E-state index in [-0.39, 0.29) is 18.1 Å². The zero-order valence-corrected chi connectivity index (χ0v) is 25.1. The van der Waals surface area contributed by atoms with Crippen LogP contribution in [0.25, 0.3) is 6.08 Å². The van der Waals surface area contributed by atoms with E-state index in [4.69, 9.17) is 32.7 Å². The number of nitrogens with zero attached hydrogens (tertiary/aromatic N) is 2. The van der Waals surface area contributed by atoms with Gasteiger partial charge >= 0.3 is 5.97 Å². The van der Waals surface area contributed by atoms with Crippen molar-refractivity contribution in [1.29, 1.82) is 0 Å². The van der Waals surface area contributed by atoms with Gasteiger partial charge in [0.1, 0.15) is 12.4 Å². The first-order valence-electron chi connectivity index (χ1n) is 13.1. The lowest BCUT2D eigenvalue weighted by atomic mass is 9.96. The highest BCUT2D eigenvalue weighted by molar-refractivity contribution is 7.07. The van der Waals surface area contributed by atoms with Crippen LogP contribution in [-0.2, 0) is 16.1 Å². The molecule has 1 aliphatic heterocycles. The molecule has 5 rings (SSSR count). The monoisotopic (exact) mass is 606 g/mol. The first kappa shape index (κ1) is 28.9. The fourth-order valence-electron chi connectivity index (χ4n) is 4.46. The number of rotatable bonds is 8. The highest BCUT2D eigenvalue weighted by atomic mass is 35.5. The molecule has 0 radical (unpaired) electrons. The second kappa shape index (κ2) is 12.5. The molecule has 0 aliphatic carbocycles. The Hall–Kier alpha value is -3.65. The van der Waals surface area contributed by atoms with E-state index < -0.39 is 12.0 Å². The fourth-order valence-corrected chi connectivity index (χ4v) is 5.81. The summed E-state index contributed by atoms with van der Waals surface area (Å²) < 4.78 is 13.6. The largest absolute Gasteiger partial charge is 0.489 e. The summed E-state index contributed by atoms with van der Waals surface area (Å²) in [4.78, 5) is 32.4. The molecule has 1 aliphatic rings. The second-order valence-corrected chi connectivity index (χ2v) is 11.9. The molecule has 0 fully saturated rings. The molecule has 0 saturated heterocycles. The summed E-state index contributed by atoms with van der Waals surface area (Å²) in [6, 6.07) is 21.8. The molecule has 6 nitrogen and oxygen atoms in total. The van der Waals surface area contributed by atoms with Gasteiger partial charge in [0.2, 0.25) is 0 Å². The molecular weight excluding hydrogens is 579 g/mol. The molecule has 1 unspecified atom stereocenters. The third-order valence-electron chi connectivity index (χ3n) is 6.47. The maximum atomic E-state index is 13.8. The van der Waals surface area contributed by atoms with E-state index in [9.17, 15) is 9.59 Å². The van der Waals surface area contributed by atoms with Crippen LogP contribution < -0.4 is 19.6 Å². The first-order valence-corrected chi connectivity index (χ1v) is 14.7. The Bertz CT molecular complexity index is 1790. The lowest BCUT2D eigenvalue weighted by Crippen LogP contribution is -2.40. The highest BCUT2D eigenvalue weighted by Crippen LogP contribution is 2.32. The number of carbonyl (C=O) groups is 1. The summed E-state index contributed by atoms with van der Waals surface area (Å²) in [5.74, 6) is 0.342. The van der Waals surface area contributed by atoms with Gasteiger partial charge in [-0.3, -0.25) is 9.36 Å². The lowest BCUT2D eigenvalue weighted by molar-refractivity contribution is -0.140. The van der Waals surface area contributed by atoms with Crippen LogP contribution in [0.2, 0.25) is 10.0 Å². The Morgan fingerprint density at radius 2 is 1.78 bits per heavy atom. The number of ether oxygens (including phenoxy) is 2. The summed E-state index contributed by atoms with van der Waals surface area (Å²) in [5, 5.41) is 0.827. The lowest BCUT2D eigenvalue weighted by Gasteiger charge is -2.25. The van der Waals surface area contributed by atoms with Gasteiger partial charge < -0.3 is 9.47 Å². The summed E-state index contributed by atoms with van der Waals surface area (Å²) in [5.41, 5.74) is 3.10. The molecule has 0 N–H and O–H groups in total. The number of thiazole rings is 1. The van der Waals surface area contributed by atoms with E-state index in [0.717, 1.165) is 16.7 Å². The van der Waals surface area contributed by atoms with Gasteiger partial charge in [-0.25, -0.2) is 9.79 Å². The Kier molecular flexibility index (Phi) is 8.78. The Morgan fingerprint density at radius 3 is 2.46 bits per heavy atom. The minimum atomic E-state index is -0.718. The molecule has 0 bridgehead atoms. The van der Waals surface area contributed by atoms with Crippen LogP contribution in [0.1, 0.15) is 43.5 Å². The predicted octanol–water partition coefficient (Wildman–Crippen LogP) is 6.32. The summed E-state index contributed by atoms with van der Waals surface area (Å²) >= 11 is 13.5. The van der Waals surface area contributed by atoms with E-state index in [1.54, 1.807) is 35.8 Å². The van der Waals surface area contributed by atoms with Crippen molar-refractivity contribution in [3.05, 3.63) is 130 Å². The number of hydrogen-bond donors (Lipinski definition) is 0. The van der Waals surface area contributed by atoms with Crippen LogP contribution in [0.4, 0.5) is 0 Å². The van der Waals surface area contributed by atoms with Gasteiger partial charge in [0.25, 0.3) is 5.56 Å². The molecule has 4 aromatic rings. The van der Waals surface area contributed by atoms with Crippen LogP contribution >= 0.6 is 34.5 Å². The van der Waals surface area contributed by atoms with Crippen molar-refractivity contribution in [2.24, 2.45) is 10.9 Å². The average molecular weight is 608 g/mol. The Labute approximate surface area is 251 Å². The molecule has 2 heterocycles. The van der Waals surface area contributed by atoms with Gasteiger partial charge in [0, 0.05) is 0 Å². The molecule has 0 saturated carbocycles. The number of carbonyl (C=O) groups excluding carboxylic acids is 1. The maximum Gasteiger partial charge on any atom is 0.338 e. The SMILES string of the molecule is CC1=C(C(=O)OCC(C)C)C(c2ccc(OCc3ccccc3)cc2)n2c(s/c(=C\c3ccc(Cl)c(Cl)c3)c2=O)=N1. The first-order chi connectivity index (χ1) is 19.7. The van der Waals surface area contributed by atoms with E-state index in [0.29, 0.717) is 43.0 Å². The summed E-state index contributed by atoms with van der Waals surface area (Å²) in [6.45, 7) is 6.40. The third-order valence-corrected chi connectivity index (χ3v) is 8.20. The van der Waals surface area contributed by atoms with Crippen LogP contribution in [0, 0.1) is 5.92 Å². The molecule has 0 amide bonds. The topological polar surface area (TPSA) is 69.9 Å². The van der Waals surface area contributed by atoms with Gasteiger partial charge in [0.05, 0.1) is 38.5 Å². The van der Waals surface area contributed by atoms with Crippen molar-refractivity contribution in [3.63, 3.8) is 0 Å². The molecule has 9 heteroatoms. The van der Waals surface area contributed by atoms with Crippen molar-refractivity contribution >= 4 is 46.6 Å². The molecular formula is C32H28Cl2N2O4S. The number of esters is 1. The molecule has 210 valence electrons. The normalized spacial score (nSPS) is 15.1. The van der Waals surface area contributed by atoms with E-state index >= 15 is 0 Å². The molecule has 1 atom stereocenters. The Morgan fingerprint density at radius 1 is 1.05 bits per heavy atom. The molecule has 3 aromatic carbocycles. The number of hydrogen-bond acceptors (Lipinski definition) is 6. The van der Waals surface area contributed by atoms with E-state index in [1.807, 2.05) is 68.4 Å². The fraction of sp³-hybridized carbons (Fsp3) is 0.219. The van der Waals surface area contributed by atoms with Gasteiger partial charge in [0.15, 0.2) is 4.80 Å². The zero-order valence-electron chi connectivity index (χ0n) is 22.8. The van der Waals surface area contributed by atoms with Gasteiger partial charge in [-0.2, -0.15) is 0 Å². The van der Waals surface area contributed by atoms with Gasteiger partial charge in [-0.15, -0.1) is 0 Å². The number of aromatic nitrogens is 1. The smallest absolute Gasteiger partial charge is 0.338 e. The molecule has 41 heavy (non-hydrogen) atoms. The van der Waals surface area contributed by atoms with Crippen molar-refractivity contribution in [2.45, 2.75) is 33.4 Å². The van der Waals surface area contributed by atoms with Crippen LogP contribution in [-0.4, -0.2) is 17.1 Å². The molecule has 1 aromatic heterocycles. The number of fused-ring (bicyclic) bond motifs is 1. The zero-order chi connectivity index (χ0) is 29.1. The summed E-state index contributed by atoms with van der Waals surface area (Å²) in [7, 11) is 0. The number of halogens is 2. The Balaban J connectivity index is 1.56. The second-order valence-electron chi connectivity index (χ2n) is 10.1. The van der Waals surface area contributed by atoms with Crippen LogP contribution in [0.15, 0.2) is 93.9 Å². The van der Waals surface area contributed by atoms with Gasteiger partial charge in [-0.1, -0.05) is 96.9 Å². The number of benzene rings is 3. The van der Waals surface area contributed by atoms with E-state index in [1.165, 1.54) is 11.3 Å². The quantitative estimate of drug-likeness (QED) is 0.220. The standard InChI is InChI=1S/C32H28Cl2N2O4S/c1-19(2)17-40-31(38)28-20(3)35-32-36(30(37)27(41-32)16-22-9-14-25(33)26(34)15-22)29(28)23-10-12-24(13-11-23)39-18-21-7-5-4-6-8-21/h4-16,19,29H,17-18H2,1-3H3/b27-16-. The van der Waals surface area contributed by atoms with Crippen LogP contribution in [0.5, 0.6) is 5.75 Å². The minimum absolute atomic E-state index is 0.159. The summed E-state index contributed by atoms with van der Waals surface area (Å²) in [6.07, 6.45) is 1.75. The average Bonchev–Trinajstić information content (AvgIpc) is 3.26. The predicted molar refractivity (Wildman–Crippen MR) is 163 cm³/mol. The van der Waals surface area contributed by atoms with Crippen molar-refractivity contribution < 1.29 is 14.3 Å². The third kappa shape index (κ3) is 6.48. The maximum absolute atomic E-state index is 13.8. The van der Waals surface area contributed by atoms with Crippen molar-refractivity contribution in [1.82, 2.24) is 4.57 Å². The van der Waals surface area contributed by atoms with Crippen molar-refractivity contribution in [3.8, 4) is 5.75 Å². The minimum Gasteiger partial charge on any atom is -0.489 e.